The number of nitrogens with two attached hydrogens (primary N) is 1. The molecule has 0 unspecified atom stereocenters. The van der Waals surface area contributed by atoms with Crippen LogP contribution in [0.4, 0.5) is 5.95 Å². The van der Waals surface area contributed by atoms with E-state index < -0.39 is 0 Å². The molecule has 3 N–H and O–H groups in total. The number of fused-ring (bicyclic) bond motifs is 3. The number of rotatable bonds is 3. The number of benzene rings is 1. The van der Waals surface area contributed by atoms with E-state index in [2.05, 4.69) is 24.3 Å². The van der Waals surface area contributed by atoms with Crippen molar-refractivity contribution in [3.05, 3.63) is 51.1 Å². The lowest BCUT2D eigenvalue weighted by Gasteiger charge is -2.26. The summed E-state index contributed by atoms with van der Waals surface area (Å²) in [6.07, 6.45) is 0.871. The van der Waals surface area contributed by atoms with E-state index in [4.69, 9.17) is 10.6 Å². The first-order valence-corrected chi connectivity index (χ1v) is 9.12. The number of ether oxygens (including phenoxy) is 1. The fourth-order valence-corrected chi connectivity index (χ4v) is 4.38. The number of anilines is 1. The van der Waals surface area contributed by atoms with Crippen molar-refractivity contribution in [2.24, 2.45) is 11.8 Å². The van der Waals surface area contributed by atoms with Crippen LogP contribution in [0, 0.1) is 5.92 Å². The molecule has 2 aromatic heterocycles. The van der Waals surface area contributed by atoms with Gasteiger partial charge in [-0.15, -0.1) is 11.3 Å². The second kappa shape index (κ2) is 6.25. The molecule has 0 radical (unpaired) electrons. The summed E-state index contributed by atoms with van der Waals surface area (Å²) in [6, 6.07) is 9.42. The molecule has 0 saturated heterocycles. The van der Waals surface area contributed by atoms with Gasteiger partial charge in [-0.05, 0) is 23.6 Å². The molecule has 1 atom stereocenters. The van der Waals surface area contributed by atoms with Gasteiger partial charge in [0.15, 0.2) is 0 Å². The van der Waals surface area contributed by atoms with E-state index in [0.29, 0.717) is 28.7 Å². The number of nitrogens with zero attached hydrogens (tertiary/aromatic N) is 2. The number of hydrazine groups is 1. The number of hydrogen-bond donors (Lipinski definition) is 2. The molecule has 0 amide bonds. The largest absolute Gasteiger partial charge is 0.372 e. The first-order chi connectivity index (χ1) is 12.1. The third-order valence-electron chi connectivity index (χ3n) is 4.63. The maximum absolute atomic E-state index is 13.3. The van der Waals surface area contributed by atoms with E-state index in [1.807, 2.05) is 30.3 Å². The highest BCUT2D eigenvalue weighted by atomic mass is 32.1. The fraction of sp³-hybridized carbons (Fsp3) is 0.333. The van der Waals surface area contributed by atoms with Crippen LogP contribution in [0.2, 0.25) is 0 Å². The lowest BCUT2D eigenvalue weighted by Crippen LogP contribution is -2.29. The lowest BCUT2D eigenvalue weighted by atomic mass is 9.96. The molecule has 0 spiro atoms. The van der Waals surface area contributed by atoms with Gasteiger partial charge in [0.25, 0.3) is 5.56 Å². The van der Waals surface area contributed by atoms with Crippen molar-refractivity contribution in [3.63, 3.8) is 0 Å². The Kier molecular flexibility index (Phi) is 4.07. The predicted octanol–water partition coefficient (Wildman–Crippen LogP) is 2.83. The zero-order chi connectivity index (χ0) is 17.6. The van der Waals surface area contributed by atoms with E-state index in [0.717, 1.165) is 22.5 Å². The van der Waals surface area contributed by atoms with Crippen LogP contribution in [0.3, 0.4) is 0 Å². The molecule has 1 aliphatic heterocycles. The summed E-state index contributed by atoms with van der Waals surface area (Å²) in [5, 5.41) is 0.691. The van der Waals surface area contributed by atoms with E-state index >= 15 is 0 Å². The van der Waals surface area contributed by atoms with Crippen LogP contribution in [0.1, 0.15) is 24.3 Å². The molecule has 0 aliphatic carbocycles. The normalized spacial score (nSPS) is 17.0. The smallest absolute Gasteiger partial charge is 0.268 e. The Morgan fingerprint density at radius 2 is 2.12 bits per heavy atom. The van der Waals surface area contributed by atoms with Gasteiger partial charge in [-0.1, -0.05) is 32.0 Å². The standard InChI is InChI=1S/C18H20N4O2S/c1-10(2)13-8-12-14(9-24-13)25-16-15(12)17(23)22(18(20-16)21-19)11-6-4-3-5-7-11/h3-7,10,13H,8-9,19H2,1-2H3,(H,20,21)/t13-/m0/s1. The topological polar surface area (TPSA) is 82.2 Å². The summed E-state index contributed by atoms with van der Waals surface area (Å²) in [5.74, 6) is 6.38. The van der Waals surface area contributed by atoms with Gasteiger partial charge in [0.05, 0.1) is 23.8 Å². The van der Waals surface area contributed by atoms with Gasteiger partial charge in [0.2, 0.25) is 5.95 Å². The number of para-hydroxylation sites is 1. The van der Waals surface area contributed by atoms with Crippen molar-refractivity contribution in [2.75, 3.05) is 5.43 Å². The molecule has 25 heavy (non-hydrogen) atoms. The molecule has 4 rings (SSSR count). The lowest BCUT2D eigenvalue weighted by molar-refractivity contribution is 0.00200. The minimum absolute atomic E-state index is 0.0916. The highest BCUT2D eigenvalue weighted by Crippen LogP contribution is 2.35. The molecular weight excluding hydrogens is 336 g/mol. The summed E-state index contributed by atoms with van der Waals surface area (Å²) in [5.41, 5.74) is 4.29. The number of nitrogen functional groups attached to an aromatic ring is 1. The van der Waals surface area contributed by atoms with E-state index in [1.165, 1.54) is 15.9 Å². The van der Waals surface area contributed by atoms with Crippen molar-refractivity contribution in [2.45, 2.75) is 33.0 Å². The number of nitrogens with one attached hydrogen (secondary N) is 1. The van der Waals surface area contributed by atoms with E-state index in [9.17, 15) is 4.79 Å². The van der Waals surface area contributed by atoms with Gasteiger partial charge in [0, 0.05) is 11.3 Å². The number of thiophene rings is 1. The zero-order valence-corrected chi connectivity index (χ0v) is 15.0. The van der Waals surface area contributed by atoms with Crippen molar-refractivity contribution < 1.29 is 4.74 Å². The van der Waals surface area contributed by atoms with Crippen LogP contribution in [-0.4, -0.2) is 15.7 Å². The Morgan fingerprint density at radius 1 is 1.36 bits per heavy atom. The first kappa shape index (κ1) is 16.3. The van der Waals surface area contributed by atoms with Crippen LogP contribution in [0.5, 0.6) is 0 Å². The third-order valence-corrected chi connectivity index (χ3v) is 5.73. The minimum atomic E-state index is -0.0916. The quantitative estimate of drug-likeness (QED) is 0.557. The molecule has 1 aromatic carbocycles. The van der Waals surface area contributed by atoms with E-state index in [1.54, 1.807) is 0 Å². The fourth-order valence-electron chi connectivity index (χ4n) is 3.27. The summed E-state index contributed by atoms with van der Waals surface area (Å²) in [4.78, 5) is 19.7. The van der Waals surface area contributed by atoms with Crippen molar-refractivity contribution >= 4 is 27.5 Å². The number of hydrogen-bond acceptors (Lipinski definition) is 6. The third kappa shape index (κ3) is 2.64. The van der Waals surface area contributed by atoms with Gasteiger partial charge in [-0.3, -0.25) is 10.2 Å². The van der Waals surface area contributed by atoms with Crippen molar-refractivity contribution in [1.82, 2.24) is 9.55 Å². The first-order valence-electron chi connectivity index (χ1n) is 8.31. The Hall–Kier alpha value is -2.22. The minimum Gasteiger partial charge on any atom is -0.372 e. The second-order valence-corrected chi connectivity index (χ2v) is 7.62. The maximum atomic E-state index is 13.3. The molecule has 1 aliphatic rings. The highest BCUT2D eigenvalue weighted by Gasteiger charge is 2.28. The molecule has 130 valence electrons. The molecular formula is C18H20N4O2S. The Morgan fingerprint density at radius 3 is 2.80 bits per heavy atom. The van der Waals surface area contributed by atoms with Crippen molar-refractivity contribution in [1.29, 1.82) is 0 Å². The predicted molar refractivity (Wildman–Crippen MR) is 100 cm³/mol. The molecule has 0 bridgehead atoms. The summed E-state index contributed by atoms with van der Waals surface area (Å²) in [6.45, 7) is 4.82. The van der Waals surface area contributed by atoms with Crippen LogP contribution in [0.25, 0.3) is 15.9 Å². The SMILES string of the molecule is CC(C)[C@@H]1Cc2c(sc3nc(NN)n(-c4ccccc4)c(=O)c23)CO1. The van der Waals surface area contributed by atoms with Gasteiger partial charge in [0.1, 0.15) is 4.83 Å². The summed E-state index contributed by atoms with van der Waals surface area (Å²) >= 11 is 1.52. The Balaban J connectivity index is 1.98. The molecule has 0 saturated carbocycles. The monoisotopic (exact) mass is 356 g/mol. The second-order valence-electron chi connectivity index (χ2n) is 6.54. The van der Waals surface area contributed by atoms with Crippen LogP contribution in [0.15, 0.2) is 35.1 Å². The summed E-state index contributed by atoms with van der Waals surface area (Å²) in [7, 11) is 0. The number of aromatic nitrogens is 2. The van der Waals surface area contributed by atoms with Crippen LogP contribution in [-0.2, 0) is 17.8 Å². The van der Waals surface area contributed by atoms with Crippen LogP contribution >= 0.6 is 11.3 Å². The molecule has 3 heterocycles. The van der Waals surface area contributed by atoms with Gasteiger partial charge in [-0.2, -0.15) is 0 Å². The van der Waals surface area contributed by atoms with Gasteiger partial charge >= 0.3 is 0 Å². The maximum Gasteiger partial charge on any atom is 0.268 e. The zero-order valence-electron chi connectivity index (χ0n) is 14.2. The molecule has 0 fully saturated rings. The van der Waals surface area contributed by atoms with E-state index in [-0.39, 0.29) is 11.7 Å². The molecule has 3 aromatic rings. The Labute approximate surface area is 149 Å². The average Bonchev–Trinajstić information content (AvgIpc) is 2.99. The molecule has 7 heteroatoms. The van der Waals surface area contributed by atoms with Gasteiger partial charge in [-0.25, -0.2) is 15.4 Å². The van der Waals surface area contributed by atoms with Crippen LogP contribution < -0.4 is 16.8 Å². The Bertz CT molecular complexity index is 978. The highest BCUT2D eigenvalue weighted by molar-refractivity contribution is 7.18. The average molecular weight is 356 g/mol. The van der Waals surface area contributed by atoms with Gasteiger partial charge < -0.3 is 4.74 Å². The summed E-state index contributed by atoms with van der Waals surface area (Å²) < 4.78 is 7.48. The van der Waals surface area contributed by atoms with Crippen molar-refractivity contribution in [3.8, 4) is 5.69 Å². The molecule has 6 nitrogen and oxygen atoms in total.